The lowest BCUT2D eigenvalue weighted by atomic mass is 10.00. The molecule has 5 heteroatoms. The standard InChI is InChI=1S/C18H20FN3O/c1-23-15-6-4-5-14(12-15)22-18(11-13(21-22)9-10-20)16-7-2-3-8-17(16)19/h2-8,12,18H,9-11,20H2,1H3. The van der Waals surface area contributed by atoms with Gasteiger partial charge in [0.05, 0.1) is 18.8 Å². The molecule has 23 heavy (non-hydrogen) atoms. The predicted octanol–water partition coefficient (Wildman–Crippen LogP) is 3.49. The molecule has 2 N–H and O–H groups in total. The molecule has 0 aliphatic carbocycles. The third-order valence-corrected chi connectivity index (χ3v) is 3.99. The van der Waals surface area contributed by atoms with Crippen molar-refractivity contribution in [3.8, 4) is 5.75 Å². The first-order chi connectivity index (χ1) is 11.2. The Morgan fingerprint density at radius 3 is 2.83 bits per heavy atom. The highest BCUT2D eigenvalue weighted by molar-refractivity contribution is 5.89. The molecule has 1 aliphatic heterocycles. The molecule has 0 saturated carbocycles. The van der Waals surface area contributed by atoms with Gasteiger partial charge in [-0.15, -0.1) is 0 Å². The van der Waals surface area contributed by atoms with E-state index in [0.717, 1.165) is 17.1 Å². The van der Waals surface area contributed by atoms with Crippen molar-refractivity contribution < 1.29 is 9.13 Å². The number of ether oxygens (including phenoxy) is 1. The van der Waals surface area contributed by atoms with Crippen LogP contribution in [0.15, 0.2) is 53.6 Å². The van der Waals surface area contributed by atoms with Gasteiger partial charge in [0, 0.05) is 23.8 Å². The SMILES string of the molecule is COc1cccc(N2N=C(CCN)CC2c2ccccc2F)c1. The van der Waals surface area contributed by atoms with Crippen LogP contribution in [0.4, 0.5) is 10.1 Å². The molecule has 2 aromatic carbocycles. The first-order valence-electron chi connectivity index (χ1n) is 7.67. The van der Waals surface area contributed by atoms with Crippen LogP contribution in [0.3, 0.4) is 0 Å². The Kier molecular flexibility index (Phi) is 4.57. The summed E-state index contributed by atoms with van der Waals surface area (Å²) in [6, 6.07) is 14.3. The van der Waals surface area contributed by atoms with Crippen LogP contribution in [0.1, 0.15) is 24.4 Å². The summed E-state index contributed by atoms with van der Waals surface area (Å²) in [5, 5.41) is 6.54. The van der Waals surface area contributed by atoms with Crippen molar-refractivity contribution in [2.45, 2.75) is 18.9 Å². The van der Waals surface area contributed by atoms with Crippen LogP contribution in [0.5, 0.6) is 5.75 Å². The van der Waals surface area contributed by atoms with Gasteiger partial charge in [-0.05, 0) is 31.2 Å². The largest absolute Gasteiger partial charge is 0.497 e. The fourth-order valence-corrected chi connectivity index (χ4v) is 2.87. The molecule has 1 aliphatic rings. The normalized spacial score (nSPS) is 17.3. The second kappa shape index (κ2) is 6.79. The van der Waals surface area contributed by atoms with E-state index in [1.54, 1.807) is 13.2 Å². The monoisotopic (exact) mass is 313 g/mol. The summed E-state index contributed by atoms with van der Waals surface area (Å²) in [5.74, 6) is 0.534. The second-order valence-corrected chi connectivity index (χ2v) is 5.49. The van der Waals surface area contributed by atoms with E-state index in [0.29, 0.717) is 24.9 Å². The van der Waals surface area contributed by atoms with E-state index in [1.807, 2.05) is 41.4 Å². The second-order valence-electron chi connectivity index (χ2n) is 5.49. The van der Waals surface area contributed by atoms with E-state index in [4.69, 9.17) is 10.5 Å². The zero-order valence-corrected chi connectivity index (χ0v) is 13.1. The summed E-state index contributed by atoms with van der Waals surface area (Å²) in [6.45, 7) is 0.536. The smallest absolute Gasteiger partial charge is 0.128 e. The Bertz CT molecular complexity index is 717. The van der Waals surface area contributed by atoms with Gasteiger partial charge in [0.25, 0.3) is 0 Å². The van der Waals surface area contributed by atoms with Gasteiger partial charge in [-0.25, -0.2) is 4.39 Å². The first kappa shape index (κ1) is 15.5. The predicted molar refractivity (Wildman–Crippen MR) is 90.3 cm³/mol. The number of nitrogens with zero attached hydrogens (tertiary/aromatic N) is 2. The minimum absolute atomic E-state index is 0.162. The molecule has 0 bridgehead atoms. The molecule has 3 rings (SSSR count). The lowest BCUT2D eigenvalue weighted by molar-refractivity contribution is 0.414. The van der Waals surface area contributed by atoms with E-state index >= 15 is 0 Å². The average molecular weight is 313 g/mol. The number of rotatable bonds is 5. The maximum absolute atomic E-state index is 14.3. The third kappa shape index (κ3) is 3.19. The lowest BCUT2D eigenvalue weighted by Crippen LogP contribution is -2.19. The number of anilines is 1. The Morgan fingerprint density at radius 1 is 1.26 bits per heavy atom. The van der Waals surface area contributed by atoms with E-state index in [2.05, 4.69) is 5.10 Å². The minimum Gasteiger partial charge on any atom is -0.497 e. The van der Waals surface area contributed by atoms with Crippen LogP contribution in [-0.2, 0) is 0 Å². The average Bonchev–Trinajstić information content (AvgIpc) is 2.99. The van der Waals surface area contributed by atoms with E-state index < -0.39 is 0 Å². The molecular formula is C18H20FN3O. The molecule has 2 aromatic rings. The fraction of sp³-hybridized carbons (Fsp3) is 0.278. The van der Waals surface area contributed by atoms with Crippen molar-refractivity contribution in [1.82, 2.24) is 0 Å². The van der Waals surface area contributed by atoms with Gasteiger partial charge in [0.15, 0.2) is 0 Å². The van der Waals surface area contributed by atoms with Gasteiger partial charge >= 0.3 is 0 Å². The Morgan fingerprint density at radius 2 is 2.09 bits per heavy atom. The number of methoxy groups -OCH3 is 1. The molecule has 1 unspecified atom stereocenters. The lowest BCUT2D eigenvalue weighted by Gasteiger charge is -2.24. The van der Waals surface area contributed by atoms with Crippen LogP contribution < -0.4 is 15.5 Å². The maximum atomic E-state index is 14.3. The van der Waals surface area contributed by atoms with Gasteiger partial charge in [0.2, 0.25) is 0 Å². The first-order valence-corrected chi connectivity index (χ1v) is 7.67. The summed E-state index contributed by atoms with van der Waals surface area (Å²) < 4.78 is 19.5. The molecule has 4 nitrogen and oxygen atoms in total. The van der Waals surface area contributed by atoms with Gasteiger partial charge in [-0.1, -0.05) is 24.3 Å². The highest BCUT2D eigenvalue weighted by Gasteiger charge is 2.30. The zero-order valence-electron chi connectivity index (χ0n) is 13.1. The maximum Gasteiger partial charge on any atom is 0.128 e. The number of hydrogen-bond acceptors (Lipinski definition) is 4. The van der Waals surface area contributed by atoms with Crippen molar-refractivity contribution in [2.75, 3.05) is 18.7 Å². The number of halogens is 1. The Balaban J connectivity index is 1.99. The van der Waals surface area contributed by atoms with Crippen LogP contribution in [-0.4, -0.2) is 19.4 Å². The molecule has 0 radical (unpaired) electrons. The summed E-state index contributed by atoms with van der Waals surface area (Å²) in [6.07, 6.45) is 1.39. The van der Waals surface area contributed by atoms with Crippen molar-refractivity contribution in [3.63, 3.8) is 0 Å². The molecule has 1 atom stereocenters. The summed E-state index contributed by atoms with van der Waals surface area (Å²) in [5.41, 5.74) is 8.17. The van der Waals surface area contributed by atoms with E-state index in [1.165, 1.54) is 6.07 Å². The van der Waals surface area contributed by atoms with E-state index in [9.17, 15) is 4.39 Å². The van der Waals surface area contributed by atoms with Crippen molar-refractivity contribution in [1.29, 1.82) is 0 Å². The molecule has 0 fully saturated rings. The Hall–Kier alpha value is -2.40. The van der Waals surface area contributed by atoms with Gasteiger partial charge in [0.1, 0.15) is 11.6 Å². The summed E-state index contributed by atoms with van der Waals surface area (Å²) in [4.78, 5) is 0. The molecule has 0 aromatic heterocycles. The molecule has 120 valence electrons. The Labute approximate surface area is 135 Å². The zero-order chi connectivity index (χ0) is 16.2. The van der Waals surface area contributed by atoms with Crippen LogP contribution in [0, 0.1) is 5.82 Å². The summed E-state index contributed by atoms with van der Waals surface area (Å²) in [7, 11) is 1.63. The highest BCUT2D eigenvalue weighted by atomic mass is 19.1. The summed E-state index contributed by atoms with van der Waals surface area (Å²) >= 11 is 0. The number of nitrogens with two attached hydrogens (primary N) is 1. The third-order valence-electron chi connectivity index (χ3n) is 3.99. The van der Waals surface area contributed by atoms with Crippen molar-refractivity contribution in [2.24, 2.45) is 10.8 Å². The minimum atomic E-state index is -0.213. The molecular weight excluding hydrogens is 293 g/mol. The molecule has 0 spiro atoms. The van der Waals surface area contributed by atoms with Crippen molar-refractivity contribution in [3.05, 3.63) is 59.9 Å². The van der Waals surface area contributed by atoms with Crippen LogP contribution in [0.2, 0.25) is 0 Å². The van der Waals surface area contributed by atoms with Gasteiger partial charge < -0.3 is 10.5 Å². The van der Waals surface area contributed by atoms with Crippen molar-refractivity contribution >= 4 is 11.4 Å². The van der Waals surface area contributed by atoms with Crippen LogP contribution >= 0.6 is 0 Å². The fourth-order valence-electron chi connectivity index (χ4n) is 2.87. The number of hydrazone groups is 1. The number of hydrogen-bond donors (Lipinski definition) is 1. The molecule has 0 amide bonds. The highest BCUT2D eigenvalue weighted by Crippen LogP contribution is 2.37. The molecule has 0 saturated heterocycles. The quantitative estimate of drug-likeness (QED) is 0.919. The van der Waals surface area contributed by atoms with Gasteiger partial charge in [-0.2, -0.15) is 5.10 Å². The van der Waals surface area contributed by atoms with Crippen LogP contribution in [0.25, 0.3) is 0 Å². The molecule has 1 heterocycles. The number of benzene rings is 2. The topological polar surface area (TPSA) is 50.8 Å². The van der Waals surface area contributed by atoms with E-state index in [-0.39, 0.29) is 11.9 Å². The van der Waals surface area contributed by atoms with Gasteiger partial charge in [-0.3, -0.25) is 5.01 Å².